The van der Waals surface area contributed by atoms with Crippen LogP contribution in [0.5, 0.6) is 0 Å². The molecule has 1 aromatic carbocycles. The lowest BCUT2D eigenvalue weighted by atomic mass is 10.4. The Hall–Kier alpha value is 0.240. The molecule has 0 amide bonds. The third-order valence-corrected chi connectivity index (χ3v) is 2.93. The van der Waals surface area contributed by atoms with Crippen molar-refractivity contribution >= 4 is 43.9 Å². The maximum absolute atomic E-state index is 10.8. The van der Waals surface area contributed by atoms with Crippen LogP contribution in [0.3, 0.4) is 0 Å². The smallest absolute Gasteiger partial charge is 0.149 e. The second-order valence-electron chi connectivity index (χ2n) is 1.80. The second-order valence-corrected chi connectivity index (χ2v) is 4.37. The van der Waals surface area contributed by atoms with E-state index < -0.39 is 10.0 Å². The van der Waals surface area contributed by atoms with Crippen molar-refractivity contribution < 1.29 is 4.21 Å². The zero-order valence-corrected chi connectivity index (χ0v) is 8.27. The van der Waals surface area contributed by atoms with Crippen molar-refractivity contribution in [1.29, 1.82) is 0 Å². The molecule has 1 unspecified atom stereocenters. The predicted molar refractivity (Wildman–Crippen MR) is 48.7 cm³/mol. The Morgan fingerprint density at radius 3 is 2.36 bits per heavy atom. The lowest BCUT2D eigenvalue weighted by Crippen LogP contribution is -1.82. The molecule has 0 N–H and O–H groups in total. The molecular formula is C6H3Cl3OS. The molecule has 1 nitrogen and oxygen atoms in total. The first-order valence-electron chi connectivity index (χ1n) is 2.64. The van der Waals surface area contributed by atoms with Gasteiger partial charge in [-0.05, 0) is 28.9 Å². The Morgan fingerprint density at radius 1 is 1.27 bits per heavy atom. The van der Waals surface area contributed by atoms with Crippen molar-refractivity contribution in [2.24, 2.45) is 0 Å². The molecule has 0 heterocycles. The number of rotatable bonds is 1. The molecule has 0 aromatic heterocycles. The van der Waals surface area contributed by atoms with Gasteiger partial charge in [0.05, 0.1) is 9.92 Å². The van der Waals surface area contributed by atoms with E-state index in [9.17, 15) is 4.21 Å². The van der Waals surface area contributed by atoms with E-state index >= 15 is 0 Å². The number of hydrogen-bond acceptors (Lipinski definition) is 1. The van der Waals surface area contributed by atoms with Gasteiger partial charge in [0.2, 0.25) is 0 Å². The summed E-state index contributed by atoms with van der Waals surface area (Å²) in [6.45, 7) is 0. The first-order valence-corrected chi connectivity index (χ1v) is 5.37. The molecule has 0 aliphatic carbocycles. The van der Waals surface area contributed by atoms with Crippen LogP contribution >= 0.6 is 33.9 Å². The Morgan fingerprint density at radius 2 is 1.91 bits per heavy atom. The fraction of sp³-hybridized carbons (Fsp3) is 0. The predicted octanol–water partition coefficient (Wildman–Crippen LogP) is 3.25. The van der Waals surface area contributed by atoms with Crippen molar-refractivity contribution in [2.45, 2.75) is 4.90 Å². The van der Waals surface area contributed by atoms with Crippen LogP contribution < -0.4 is 0 Å². The molecule has 1 atom stereocenters. The van der Waals surface area contributed by atoms with Gasteiger partial charge in [0.15, 0.2) is 0 Å². The van der Waals surface area contributed by atoms with Crippen LogP contribution in [0.1, 0.15) is 0 Å². The van der Waals surface area contributed by atoms with E-state index in [2.05, 4.69) is 0 Å². The summed E-state index contributed by atoms with van der Waals surface area (Å²) in [5.41, 5.74) is 0. The number of benzene rings is 1. The zero-order chi connectivity index (χ0) is 8.43. The molecule has 0 saturated heterocycles. The van der Waals surface area contributed by atoms with Gasteiger partial charge in [-0.15, -0.1) is 0 Å². The highest BCUT2D eigenvalue weighted by Gasteiger charge is 2.05. The third kappa shape index (κ3) is 2.34. The third-order valence-electron chi connectivity index (χ3n) is 1.07. The van der Waals surface area contributed by atoms with Crippen molar-refractivity contribution in [3.05, 3.63) is 28.2 Å². The second kappa shape index (κ2) is 3.76. The van der Waals surface area contributed by atoms with E-state index in [1.165, 1.54) is 6.07 Å². The summed E-state index contributed by atoms with van der Waals surface area (Å²) < 4.78 is 10.8. The summed E-state index contributed by atoms with van der Waals surface area (Å²) in [4.78, 5) is 0.348. The molecule has 0 aliphatic heterocycles. The topological polar surface area (TPSA) is 17.1 Å². The van der Waals surface area contributed by atoms with Gasteiger partial charge in [-0.2, -0.15) is 0 Å². The Kier molecular flexibility index (Phi) is 3.19. The quantitative estimate of drug-likeness (QED) is 0.676. The highest BCUT2D eigenvalue weighted by Crippen LogP contribution is 2.24. The first kappa shape index (κ1) is 9.33. The van der Waals surface area contributed by atoms with Crippen molar-refractivity contribution in [2.75, 3.05) is 0 Å². The van der Waals surface area contributed by atoms with Gasteiger partial charge in [0, 0.05) is 5.02 Å². The minimum absolute atomic E-state index is 0.348. The number of halogens is 3. The maximum Gasteiger partial charge on any atom is 0.149 e. The van der Waals surface area contributed by atoms with Gasteiger partial charge in [-0.3, -0.25) is 0 Å². The average molecular weight is 230 g/mol. The van der Waals surface area contributed by atoms with Crippen LogP contribution in [0, 0.1) is 0 Å². The maximum atomic E-state index is 10.8. The van der Waals surface area contributed by atoms with Gasteiger partial charge in [0.1, 0.15) is 10.0 Å². The summed E-state index contributed by atoms with van der Waals surface area (Å²) in [7, 11) is 3.71. The highest BCUT2D eigenvalue weighted by atomic mass is 35.7. The fourth-order valence-corrected chi connectivity index (χ4v) is 2.11. The standard InChI is InChI=1S/C6H3Cl3OS/c7-4-1-2-5(8)6(3-4)11(9)10/h1-3H. The molecule has 1 aromatic rings. The van der Waals surface area contributed by atoms with Crippen LogP contribution in [-0.4, -0.2) is 4.21 Å². The van der Waals surface area contributed by atoms with Gasteiger partial charge >= 0.3 is 0 Å². The SMILES string of the molecule is O=S(Cl)c1cc(Cl)ccc1Cl. The van der Waals surface area contributed by atoms with Crippen molar-refractivity contribution in [1.82, 2.24) is 0 Å². The molecule has 0 fully saturated rings. The molecular weight excluding hydrogens is 226 g/mol. The summed E-state index contributed by atoms with van der Waals surface area (Å²) in [5, 5.41) is 0.834. The van der Waals surface area contributed by atoms with Crippen LogP contribution in [0.2, 0.25) is 10.0 Å². The fourth-order valence-electron chi connectivity index (χ4n) is 0.600. The lowest BCUT2D eigenvalue weighted by Gasteiger charge is -1.97. The normalized spacial score (nSPS) is 13.0. The molecule has 0 spiro atoms. The Labute approximate surface area is 81.2 Å². The van der Waals surface area contributed by atoms with E-state index in [0.29, 0.717) is 14.9 Å². The van der Waals surface area contributed by atoms with Crippen LogP contribution in [0.25, 0.3) is 0 Å². The Balaban J connectivity index is 3.23. The summed E-state index contributed by atoms with van der Waals surface area (Å²) in [6, 6.07) is 4.64. The van der Waals surface area contributed by atoms with Crippen molar-refractivity contribution in [3.63, 3.8) is 0 Å². The van der Waals surface area contributed by atoms with Crippen LogP contribution in [-0.2, 0) is 10.0 Å². The molecule has 60 valence electrons. The molecule has 0 bridgehead atoms. The van der Waals surface area contributed by atoms with Gasteiger partial charge in [0.25, 0.3) is 0 Å². The van der Waals surface area contributed by atoms with E-state index in [1.807, 2.05) is 0 Å². The van der Waals surface area contributed by atoms with Crippen molar-refractivity contribution in [3.8, 4) is 0 Å². The van der Waals surface area contributed by atoms with Crippen LogP contribution in [0.4, 0.5) is 0 Å². The summed E-state index contributed by atoms with van der Waals surface area (Å²) in [6.07, 6.45) is 0. The largest absolute Gasteiger partial charge is 0.237 e. The monoisotopic (exact) mass is 228 g/mol. The van der Waals surface area contributed by atoms with Gasteiger partial charge < -0.3 is 0 Å². The molecule has 0 aliphatic rings. The van der Waals surface area contributed by atoms with Gasteiger partial charge in [-0.25, -0.2) is 4.21 Å². The van der Waals surface area contributed by atoms with E-state index in [1.54, 1.807) is 12.1 Å². The molecule has 1 rings (SSSR count). The van der Waals surface area contributed by atoms with E-state index in [0.717, 1.165) is 0 Å². The zero-order valence-electron chi connectivity index (χ0n) is 5.18. The highest BCUT2D eigenvalue weighted by molar-refractivity contribution is 8.08. The average Bonchev–Trinajstić information content (AvgIpc) is 1.94. The lowest BCUT2D eigenvalue weighted by molar-refractivity contribution is 0.691. The summed E-state index contributed by atoms with van der Waals surface area (Å²) in [5.74, 6) is 0. The minimum Gasteiger partial charge on any atom is -0.237 e. The molecule has 0 saturated carbocycles. The number of hydrogen-bond donors (Lipinski definition) is 0. The molecule has 5 heteroatoms. The first-order chi connectivity index (χ1) is 5.11. The summed E-state index contributed by atoms with van der Waals surface area (Å²) >= 11 is 11.3. The van der Waals surface area contributed by atoms with Crippen LogP contribution in [0.15, 0.2) is 23.1 Å². The molecule has 11 heavy (non-hydrogen) atoms. The molecule has 0 radical (unpaired) electrons. The van der Waals surface area contributed by atoms with E-state index in [-0.39, 0.29) is 0 Å². The van der Waals surface area contributed by atoms with E-state index in [4.69, 9.17) is 33.9 Å². The van der Waals surface area contributed by atoms with Gasteiger partial charge in [-0.1, -0.05) is 23.2 Å². The minimum atomic E-state index is -1.59. The Bertz CT molecular complexity index is 300.